The minimum absolute atomic E-state index is 0.165. The van der Waals surface area contributed by atoms with Gasteiger partial charge in [-0.1, -0.05) is 11.8 Å². The minimum atomic E-state index is 0.165. The van der Waals surface area contributed by atoms with Crippen LogP contribution in [-0.2, 0) is 4.79 Å². The van der Waals surface area contributed by atoms with Gasteiger partial charge in [0, 0.05) is 5.25 Å². The number of nitrogens with one attached hydrogen (secondary N) is 1. The predicted molar refractivity (Wildman–Crippen MR) is 55.1 cm³/mol. The molecule has 2 aliphatic rings. The van der Waals surface area contributed by atoms with Gasteiger partial charge in [0.25, 0.3) is 0 Å². The third-order valence-electron chi connectivity index (χ3n) is 2.31. The van der Waals surface area contributed by atoms with Gasteiger partial charge in [0.05, 0.1) is 13.1 Å². The normalized spacial score (nSPS) is 27.2. The number of rotatable bonds is 3. The van der Waals surface area contributed by atoms with E-state index in [2.05, 4.69) is 10.3 Å². The molecule has 1 N–H and O–H groups in total. The molecule has 0 aromatic rings. The van der Waals surface area contributed by atoms with E-state index in [1.54, 1.807) is 6.92 Å². The molecule has 0 aromatic carbocycles. The number of amidine groups is 1. The second-order valence-electron chi connectivity index (χ2n) is 3.70. The van der Waals surface area contributed by atoms with Crippen molar-refractivity contribution in [1.82, 2.24) is 5.32 Å². The van der Waals surface area contributed by atoms with Crippen molar-refractivity contribution in [3.05, 3.63) is 0 Å². The van der Waals surface area contributed by atoms with Gasteiger partial charge in [-0.25, -0.2) is 0 Å². The van der Waals surface area contributed by atoms with Crippen molar-refractivity contribution in [2.75, 3.05) is 13.1 Å². The SMILES string of the molecule is CC(=O)CNC1=NCC(C2CC2)S1. The molecule has 0 bridgehead atoms. The van der Waals surface area contributed by atoms with Gasteiger partial charge in [-0.05, 0) is 25.7 Å². The van der Waals surface area contributed by atoms with Crippen LogP contribution in [0.4, 0.5) is 0 Å². The highest BCUT2D eigenvalue weighted by Crippen LogP contribution is 2.41. The Kier molecular flexibility index (Phi) is 2.58. The Labute approximate surface area is 82.4 Å². The van der Waals surface area contributed by atoms with Gasteiger partial charge < -0.3 is 5.32 Å². The molecule has 13 heavy (non-hydrogen) atoms. The quantitative estimate of drug-likeness (QED) is 0.737. The first kappa shape index (κ1) is 9.06. The molecule has 0 spiro atoms. The summed E-state index contributed by atoms with van der Waals surface area (Å²) >= 11 is 1.81. The largest absolute Gasteiger partial charge is 0.358 e. The lowest BCUT2D eigenvalue weighted by molar-refractivity contribution is -0.115. The molecule has 3 nitrogen and oxygen atoms in total. The Bertz CT molecular complexity index is 248. The van der Waals surface area contributed by atoms with Crippen molar-refractivity contribution in [1.29, 1.82) is 0 Å². The van der Waals surface area contributed by atoms with Crippen molar-refractivity contribution >= 4 is 22.7 Å². The van der Waals surface area contributed by atoms with Crippen LogP contribution in [0.5, 0.6) is 0 Å². The average Bonchev–Trinajstić information content (AvgIpc) is 2.83. The van der Waals surface area contributed by atoms with Crippen LogP contribution in [0.25, 0.3) is 0 Å². The first-order valence-electron chi connectivity index (χ1n) is 4.70. The van der Waals surface area contributed by atoms with Crippen LogP contribution >= 0.6 is 11.8 Å². The molecule has 1 heterocycles. The molecule has 1 aliphatic carbocycles. The van der Waals surface area contributed by atoms with E-state index in [0.717, 1.165) is 17.6 Å². The summed E-state index contributed by atoms with van der Waals surface area (Å²) in [5.41, 5.74) is 0. The average molecular weight is 198 g/mol. The van der Waals surface area contributed by atoms with Gasteiger partial charge in [0.2, 0.25) is 0 Å². The second kappa shape index (κ2) is 3.70. The van der Waals surface area contributed by atoms with Gasteiger partial charge in [0.1, 0.15) is 5.78 Å². The molecule has 1 atom stereocenters. The number of aliphatic imine (C=N–C) groups is 1. The van der Waals surface area contributed by atoms with E-state index in [4.69, 9.17) is 0 Å². The fraction of sp³-hybridized carbons (Fsp3) is 0.778. The van der Waals surface area contributed by atoms with Crippen molar-refractivity contribution in [3.63, 3.8) is 0 Å². The number of Topliss-reactive ketones (excluding diaryl/α,β-unsaturated/α-hetero) is 1. The Morgan fingerprint density at radius 3 is 3.08 bits per heavy atom. The fourth-order valence-electron chi connectivity index (χ4n) is 1.40. The molecule has 2 rings (SSSR count). The van der Waals surface area contributed by atoms with Crippen LogP contribution in [0, 0.1) is 5.92 Å². The van der Waals surface area contributed by atoms with Crippen LogP contribution in [0.3, 0.4) is 0 Å². The van der Waals surface area contributed by atoms with Crippen LogP contribution < -0.4 is 5.32 Å². The van der Waals surface area contributed by atoms with Crippen molar-refractivity contribution in [3.8, 4) is 0 Å². The number of ketones is 1. The zero-order valence-electron chi connectivity index (χ0n) is 7.75. The summed E-state index contributed by atoms with van der Waals surface area (Å²) in [6, 6.07) is 0. The maximum absolute atomic E-state index is 10.7. The van der Waals surface area contributed by atoms with E-state index < -0.39 is 0 Å². The van der Waals surface area contributed by atoms with E-state index in [9.17, 15) is 4.79 Å². The molecule has 4 heteroatoms. The highest BCUT2D eigenvalue weighted by atomic mass is 32.2. The zero-order valence-corrected chi connectivity index (χ0v) is 8.56. The van der Waals surface area contributed by atoms with E-state index in [0.29, 0.717) is 11.8 Å². The Balaban J connectivity index is 1.73. The van der Waals surface area contributed by atoms with Crippen molar-refractivity contribution in [2.45, 2.75) is 25.0 Å². The van der Waals surface area contributed by atoms with Gasteiger partial charge in [-0.2, -0.15) is 0 Å². The minimum Gasteiger partial charge on any atom is -0.358 e. The number of thioether (sulfide) groups is 1. The smallest absolute Gasteiger partial charge is 0.157 e. The zero-order chi connectivity index (χ0) is 9.26. The molecular formula is C9H14N2OS. The van der Waals surface area contributed by atoms with Crippen LogP contribution in [0.2, 0.25) is 0 Å². The summed E-state index contributed by atoms with van der Waals surface area (Å²) in [5.74, 6) is 1.06. The lowest BCUT2D eigenvalue weighted by Crippen LogP contribution is -2.25. The first-order chi connectivity index (χ1) is 6.25. The van der Waals surface area contributed by atoms with Crippen LogP contribution in [0.1, 0.15) is 19.8 Å². The van der Waals surface area contributed by atoms with Gasteiger partial charge >= 0.3 is 0 Å². The standard InChI is InChI=1S/C9H14N2OS/c1-6(12)4-10-9-11-5-8(13-9)7-2-3-7/h7-8H,2-5H2,1H3,(H,10,11). The number of carbonyl (C=O) groups is 1. The van der Waals surface area contributed by atoms with E-state index >= 15 is 0 Å². The van der Waals surface area contributed by atoms with Crippen LogP contribution in [0.15, 0.2) is 4.99 Å². The van der Waals surface area contributed by atoms with Gasteiger partial charge in [-0.15, -0.1) is 0 Å². The Hall–Kier alpha value is -0.510. The number of hydrogen-bond acceptors (Lipinski definition) is 4. The van der Waals surface area contributed by atoms with Crippen molar-refractivity contribution in [2.24, 2.45) is 10.9 Å². The number of nitrogens with zero attached hydrogens (tertiary/aromatic N) is 1. The summed E-state index contributed by atoms with van der Waals surface area (Å²) in [6.07, 6.45) is 2.74. The fourth-order valence-corrected chi connectivity index (χ4v) is 2.61. The second-order valence-corrected chi connectivity index (χ2v) is 4.92. The summed E-state index contributed by atoms with van der Waals surface area (Å²) in [4.78, 5) is 15.1. The lowest BCUT2D eigenvalue weighted by Gasteiger charge is -2.05. The van der Waals surface area contributed by atoms with E-state index in [1.807, 2.05) is 11.8 Å². The summed E-state index contributed by atoms with van der Waals surface area (Å²) in [5, 5.41) is 4.71. The highest BCUT2D eigenvalue weighted by Gasteiger charge is 2.35. The van der Waals surface area contributed by atoms with Gasteiger partial charge in [-0.3, -0.25) is 9.79 Å². The van der Waals surface area contributed by atoms with E-state index in [1.165, 1.54) is 12.8 Å². The van der Waals surface area contributed by atoms with E-state index in [-0.39, 0.29) is 5.78 Å². The molecule has 1 unspecified atom stereocenters. The predicted octanol–water partition coefficient (Wildman–Crippen LogP) is 1.05. The molecule has 1 saturated carbocycles. The third-order valence-corrected chi connectivity index (χ3v) is 3.65. The molecular weight excluding hydrogens is 184 g/mol. The topological polar surface area (TPSA) is 41.5 Å². The van der Waals surface area contributed by atoms with Crippen LogP contribution in [-0.4, -0.2) is 29.3 Å². The maximum Gasteiger partial charge on any atom is 0.157 e. The summed E-state index contributed by atoms with van der Waals surface area (Å²) < 4.78 is 0. The lowest BCUT2D eigenvalue weighted by atomic mass is 10.3. The molecule has 72 valence electrons. The summed E-state index contributed by atoms with van der Waals surface area (Å²) in [6.45, 7) is 2.95. The molecule has 1 aliphatic heterocycles. The van der Waals surface area contributed by atoms with Crippen molar-refractivity contribution < 1.29 is 4.79 Å². The third kappa shape index (κ3) is 2.46. The molecule has 1 fully saturated rings. The number of hydrogen-bond donors (Lipinski definition) is 1. The highest BCUT2D eigenvalue weighted by molar-refractivity contribution is 8.14. The Morgan fingerprint density at radius 1 is 1.69 bits per heavy atom. The monoisotopic (exact) mass is 198 g/mol. The van der Waals surface area contributed by atoms with Gasteiger partial charge in [0.15, 0.2) is 5.17 Å². The Morgan fingerprint density at radius 2 is 2.46 bits per heavy atom. The molecule has 0 aromatic heterocycles. The molecule has 0 saturated heterocycles. The number of carbonyl (C=O) groups excluding carboxylic acids is 1. The summed E-state index contributed by atoms with van der Waals surface area (Å²) in [7, 11) is 0. The molecule has 0 radical (unpaired) electrons. The first-order valence-corrected chi connectivity index (χ1v) is 5.58. The molecule has 0 amide bonds. The maximum atomic E-state index is 10.7.